The fraction of sp³-hybridized carbons (Fsp3) is 0.250. The second kappa shape index (κ2) is 8.97. The molecule has 172 valence electrons. The molecule has 6 heteroatoms. The molecular formula is C28H26ClN3OS. The zero-order chi connectivity index (χ0) is 23.1. The zero-order valence-corrected chi connectivity index (χ0v) is 20.4. The number of nitrogens with zero attached hydrogens (tertiary/aromatic N) is 2. The van der Waals surface area contributed by atoms with Crippen molar-refractivity contribution in [3.63, 3.8) is 0 Å². The van der Waals surface area contributed by atoms with E-state index in [2.05, 4.69) is 28.2 Å². The van der Waals surface area contributed by atoms with Gasteiger partial charge in [0.2, 0.25) is 0 Å². The number of carbonyl (C=O) groups excluding carboxylic acids is 1. The molecule has 0 spiro atoms. The minimum atomic E-state index is -0.207. The topological polar surface area (TPSA) is 37.3 Å². The molecule has 1 atom stereocenters. The fourth-order valence-corrected chi connectivity index (χ4v) is 6.79. The highest BCUT2D eigenvalue weighted by Crippen LogP contribution is 2.44. The lowest BCUT2D eigenvalue weighted by atomic mass is 9.95. The highest BCUT2D eigenvalue weighted by molar-refractivity contribution is 7.15. The van der Waals surface area contributed by atoms with Crippen LogP contribution in [0.2, 0.25) is 5.02 Å². The Morgan fingerprint density at radius 3 is 2.59 bits per heavy atom. The molecule has 0 saturated heterocycles. The summed E-state index contributed by atoms with van der Waals surface area (Å²) in [5.74, 6) is 0. The van der Waals surface area contributed by atoms with E-state index in [0.717, 1.165) is 29.7 Å². The van der Waals surface area contributed by atoms with E-state index in [1.165, 1.54) is 33.8 Å². The Morgan fingerprint density at radius 1 is 0.971 bits per heavy atom. The number of benzene rings is 2. The number of urea groups is 1. The average Bonchev–Trinajstić information content (AvgIpc) is 3.46. The molecule has 4 aromatic rings. The van der Waals surface area contributed by atoms with Crippen molar-refractivity contribution in [3.8, 4) is 5.00 Å². The Balaban J connectivity index is 1.44. The van der Waals surface area contributed by atoms with E-state index in [4.69, 9.17) is 11.6 Å². The van der Waals surface area contributed by atoms with E-state index in [0.29, 0.717) is 18.1 Å². The third-order valence-electron chi connectivity index (χ3n) is 6.91. The van der Waals surface area contributed by atoms with Crippen LogP contribution in [-0.2, 0) is 25.9 Å². The van der Waals surface area contributed by atoms with Crippen LogP contribution in [0.1, 0.15) is 51.7 Å². The van der Waals surface area contributed by atoms with Crippen LogP contribution in [0.3, 0.4) is 0 Å². The van der Waals surface area contributed by atoms with Crippen molar-refractivity contribution in [2.75, 3.05) is 0 Å². The molecule has 0 saturated carbocycles. The van der Waals surface area contributed by atoms with E-state index in [1.54, 1.807) is 0 Å². The molecule has 2 aliphatic rings. The standard InChI is InChI=1S/C28H26ClN3OS/c29-21-14-12-20(13-15-21)26-24-10-6-16-31(24)27-23(22-9-4-5-11-25(22)34-27)18-32(26)28(33)30-17-19-7-2-1-3-8-19/h1-3,6-8,10,12-16,26H,4-5,9,11,17-18H2,(H,30,33)/t26-/m1/s1. The van der Waals surface area contributed by atoms with Gasteiger partial charge < -0.3 is 14.8 Å². The normalized spacial score (nSPS) is 16.9. The van der Waals surface area contributed by atoms with Gasteiger partial charge in [-0.15, -0.1) is 11.3 Å². The molecule has 1 aliphatic heterocycles. The predicted molar refractivity (Wildman–Crippen MR) is 138 cm³/mol. The average molecular weight is 488 g/mol. The van der Waals surface area contributed by atoms with Gasteiger partial charge in [0.05, 0.1) is 18.3 Å². The highest BCUT2D eigenvalue weighted by atomic mass is 35.5. The summed E-state index contributed by atoms with van der Waals surface area (Å²) in [4.78, 5) is 17.3. The smallest absolute Gasteiger partial charge is 0.318 e. The summed E-state index contributed by atoms with van der Waals surface area (Å²) in [5.41, 5.74) is 6.02. The number of aryl methyl sites for hydroxylation is 1. The number of rotatable bonds is 3. The van der Waals surface area contributed by atoms with E-state index >= 15 is 0 Å². The van der Waals surface area contributed by atoms with Crippen molar-refractivity contribution in [1.82, 2.24) is 14.8 Å². The lowest BCUT2D eigenvalue weighted by molar-refractivity contribution is 0.180. The number of carbonyl (C=O) groups is 1. The summed E-state index contributed by atoms with van der Waals surface area (Å²) >= 11 is 8.12. The van der Waals surface area contributed by atoms with E-state index in [-0.39, 0.29) is 12.1 Å². The largest absolute Gasteiger partial charge is 0.334 e. The Kier molecular flexibility index (Phi) is 5.67. The summed E-state index contributed by atoms with van der Waals surface area (Å²) < 4.78 is 2.31. The van der Waals surface area contributed by atoms with Crippen LogP contribution in [0, 0.1) is 0 Å². The van der Waals surface area contributed by atoms with Crippen molar-refractivity contribution >= 4 is 29.0 Å². The quantitative estimate of drug-likeness (QED) is 0.336. The lowest BCUT2D eigenvalue weighted by Crippen LogP contribution is -2.41. The highest BCUT2D eigenvalue weighted by Gasteiger charge is 2.35. The van der Waals surface area contributed by atoms with Gasteiger partial charge in [-0.2, -0.15) is 0 Å². The van der Waals surface area contributed by atoms with Gasteiger partial charge in [0.1, 0.15) is 5.00 Å². The molecular weight excluding hydrogens is 462 g/mol. The van der Waals surface area contributed by atoms with Crippen molar-refractivity contribution in [2.45, 2.75) is 44.8 Å². The predicted octanol–water partition coefficient (Wildman–Crippen LogP) is 6.89. The minimum absolute atomic E-state index is 0.0554. The summed E-state index contributed by atoms with van der Waals surface area (Å²) in [6, 6.07) is 21.9. The molecule has 3 heterocycles. The number of halogens is 1. The summed E-state index contributed by atoms with van der Waals surface area (Å²) in [6.07, 6.45) is 6.85. The fourth-order valence-electron chi connectivity index (χ4n) is 5.26. The van der Waals surface area contributed by atoms with Gasteiger partial charge >= 0.3 is 6.03 Å². The van der Waals surface area contributed by atoms with Crippen LogP contribution in [-0.4, -0.2) is 15.5 Å². The van der Waals surface area contributed by atoms with E-state index in [1.807, 2.05) is 70.8 Å². The maximum absolute atomic E-state index is 13.8. The Hall–Kier alpha value is -3.02. The number of nitrogens with one attached hydrogen (secondary N) is 1. The molecule has 34 heavy (non-hydrogen) atoms. The first kappa shape index (κ1) is 21.5. The number of fused-ring (bicyclic) bond motifs is 5. The maximum Gasteiger partial charge on any atom is 0.318 e. The van der Waals surface area contributed by atoms with Crippen LogP contribution in [0.4, 0.5) is 4.79 Å². The number of aromatic nitrogens is 1. The molecule has 2 aromatic heterocycles. The first-order valence-electron chi connectivity index (χ1n) is 11.8. The summed E-state index contributed by atoms with van der Waals surface area (Å²) in [5, 5.41) is 5.15. The van der Waals surface area contributed by atoms with Crippen molar-refractivity contribution in [2.24, 2.45) is 0 Å². The Bertz CT molecular complexity index is 1330. The van der Waals surface area contributed by atoms with Crippen molar-refractivity contribution in [3.05, 3.63) is 111 Å². The van der Waals surface area contributed by atoms with Crippen LogP contribution >= 0.6 is 22.9 Å². The van der Waals surface area contributed by atoms with E-state index in [9.17, 15) is 4.79 Å². The van der Waals surface area contributed by atoms with Gasteiger partial charge in [-0.05, 0) is 66.6 Å². The van der Waals surface area contributed by atoms with Gasteiger partial charge in [-0.1, -0.05) is 54.1 Å². The van der Waals surface area contributed by atoms with Crippen molar-refractivity contribution in [1.29, 1.82) is 0 Å². The summed E-state index contributed by atoms with van der Waals surface area (Å²) in [6.45, 7) is 1.09. The molecule has 2 aromatic carbocycles. The molecule has 0 bridgehead atoms. The molecule has 4 nitrogen and oxygen atoms in total. The zero-order valence-electron chi connectivity index (χ0n) is 18.8. The monoisotopic (exact) mass is 487 g/mol. The van der Waals surface area contributed by atoms with Crippen molar-refractivity contribution < 1.29 is 4.79 Å². The van der Waals surface area contributed by atoms with E-state index < -0.39 is 0 Å². The molecule has 1 N–H and O–H groups in total. The second-order valence-electron chi connectivity index (χ2n) is 9.02. The van der Waals surface area contributed by atoms with Crippen LogP contribution < -0.4 is 5.32 Å². The second-order valence-corrected chi connectivity index (χ2v) is 10.5. The summed E-state index contributed by atoms with van der Waals surface area (Å²) in [7, 11) is 0. The molecule has 1 aliphatic carbocycles. The number of hydrogen-bond acceptors (Lipinski definition) is 2. The Morgan fingerprint density at radius 2 is 1.76 bits per heavy atom. The lowest BCUT2D eigenvalue weighted by Gasteiger charge is -2.31. The SMILES string of the molecule is O=C(NCc1ccccc1)N1Cc2c(sc3c2CCCC3)-n2cccc2[C@H]1c1ccc(Cl)cc1. The van der Waals surface area contributed by atoms with Crippen LogP contribution in [0.25, 0.3) is 5.00 Å². The number of hydrogen-bond donors (Lipinski definition) is 1. The van der Waals surface area contributed by atoms with Gasteiger partial charge in [0.15, 0.2) is 0 Å². The number of thiophene rings is 1. The Labute approximate surface area is 208 Å². The number of amides is 2. The maximum atomic E-state index is 13.8. The molecule has 6 rings (SSSR count). The minimum Gasteiger partial charge on any atom is -0.334 e. The van der Waals surface area contributed by atoms with Gasteiger partial charge in [0, 0.05) is 28.2 Å². The first-order chi connectivity index (χ1) is 16.7. The molecule has 0 unspecified atom stereocenters. The first-order valence-corrected chi connectivity index (χ1v) is 13.0. The van der Waals surface area contributed by atoms with Gasteiger partial charge in [-0.25, -0.2) is 4.79 Å². The molecule has 2 amide bonds. The van der Waals surface area contributed by atoms with Gasteiger partial charge in [0.25, 0.3) is 0 Å². The van der Waals surface area contributed by atoms with Gasteiger partial charge in [-0.3, -0.25) is 0 Å². The van der Waals surface area contributed by atoms with Crippen LogP contribution in [0.15, 0.2) is 72.9 Å². The van der Waals surface area contributed by atoms with Crippen LogP contribution in [0.5, 0.6) is 0 Å². The third-order valence-corrected chi connectivity index (χ3v) is 8.50. The third kappa shape index (κ3) is 3.83. The molecule has 0 radical (unpaired) electrons. The molecule has 0 fully saturated rings.